The van der Waals surface area contributed by atoms with Crippen molar-refractivity contribution in [1.29, 1.82) is 0 Å². The monoisotopic (exact) mass is 356 g/mol. The van der Waals surface area contributed by atoms with Crippen molar-refractivity contribution in [2.75, 3.05) is 20.6 Å². The van der Waals surface area contributed by atoms with Gasteiger partial charge in [0.25, 0.3) is 0 Å². The Balaban J connectivity index is 1.80. The predicted molar refractivity (Wildman–Crippen MR) is 85.1 cm³/mol. The van der Waals surface area contributed by atoms with Crippen molar-refractivity contribution in [1.82, 2.24) is 15.4 Å². The molecule has 0 saturated heterocycles. The van der Waals surface area contributed by atoms with Gasteiger partial charge < -0.3 is 14.7 Å². The molecule has 20 heavy (non-hydrogen) atoms. The van der Waals surface area contributed by atoms with E-state index in [1.165, 1.54) is 8.66 Å². The first-order chi connectivity index (χ1) is 9.69. The second kappa shape index (κ2) is 7.44. The average Bonchev–Trinajstić information content (AvgIpc) is 3.06. The van der Waals surface area contributed by atoms with Crippen LogP contribution in [0.2, 0.25) is 0 Å². The van der Waals surface area contributed by atoms with Crippen LogP contribution in [0.1, 0.15) is 10.6 Å². The summed E-state index contributed by atoms with van der Waals surface area (Å²) >= 11 is 5.23. The normalized spacial score (nSPS) is 11.7. The Morgan fingerprint density at radius 1 is 1.50 bits per heavy atom. The third-order valence-corrected chi connectivity index (χ3v) is 4.43. The third kappa shape index (κ3) is 4.35. The van der Waals surface area contributed by atoms with Crippen LogP contribution in [-0.2, 0) is 13.0 Å². The summed E-state index contributed by atoms with van der Waals surface area (Å²) in [5.41, 5.74) is 0.887. The molecular formula is C13H17BrN4OS. The van der Waals surface area contributed by atoms with Crippen molar-refractivity contribution < 1.29 is 4.52 Å². The Hall–Kier alpha value is -1.34. The molecule has 0 fully saturated rings. The van der Waals surface area contributed by atoms with Gasteiger partial charge in [0, 0.05) is 31.6 Å². The summed E-state index contributed by atoms with van der Waals surface area (Å²) in [6, 6.07) is 6.07. The number of hydrogen-bond acceptors (Lipinski definition) is 4. The number of nitrogens with one attached hydrogen (secondary N) is 1. The molecule has 0 aliphatic heterocycles. The lowest BCUT2D eigenvalue weighted by atomic mass is 10.3. The fraction of sp³-hybridized carbons (Fsp3) is 0.385. The Kier molecular flexibility index (Phi) is 5.60. The molecule has 2 heterocycles. The van der Waals surface area contributed by atoms with Crippen LogP contribution in [0.15, 0.2) is 37.8 Å². The van der Waals surface area contributed by atoms with Gasteiger partial charge in [-0.1, -0.05) is 5.16 Å². The van der Waals surface area contributed by atoms with Gasteiger partial charge in [0.15, 0.2) is 5.96 Å². The van der Waals surface area contributed by atoms with Gasteiger partial charge in [0.1, 0.15) is 12.0 Å². The zero-order chi connectivity index (χ0) is 14.4. The van der Waals surface area contributed by atoms with Gasteiger partial charge in [-0.2, -0.15) is 0 Å². The molecule has 0 bridgehead atoms. The molecule has 2 rings (SSSR count). The molecule has 0 aliphatic carbocycles. The summed E-state index contributed by atoms with van der Waals surface area (Å²) in [7, 11) is 3.76. The minimum atomic E-state index is 0.667. The molecule has 0 spiro atoms. The number of aliphatic imine (C=N–C) groups is 1. The van der Waals surface area contributed by atoms with Gasteiger partial charge in [-0.25, -0.2) is 0 Å². The van der Waals surface area contributed by atoms with Crippen molar-refractivity contribution >= 4 is 33.2 Å². The molecule has 2 aromatic rings. The van der Waals surface area contributed by atoms with Crippen LogP contribution < -0.4 is 5.32 Å². The number of rotatable bonds is 5. The second-order valence-corrected chi connectivity index (χ2v) is 6.82. The first kappa shape index (κ1) is 15.1. The maximum Gasteiger partial charge on any atom is 0.193 e. The maximum absolute atomic E-state index is 4.83. The van der Waals surface area contributed by atoms with Crippen LogP contribution >= 0.6 is 27.3 Å². The van der Waals surface area contributed by atoms with E-state index in [2.05, 4.69) is 43.5 Å². The second-order valence-electron chi connectivity index (χ2n) is 4.28. The van der Waals surface area contributed by atoms with E-state index < -0.39 is 0 Å². The summed E-state index contributed by atoms with van der Waals surface area (Å²) < 4.78 is 6.00. The Morgan fingerprint density at radius 3 is 2.95 bits per heavy atom. The highest BCUT2D eigenvalue weighted by Gasteiger charge is 2.08. The number of hydrogen-bond donors (Lipinski definition) is 1. The Labute approximate surface area is 130 Å². The number of thiophene rings is 1. The van der Waals surface area contributed by atoms with Crippen molar-refractivity contribution in [2.45, 2.75) is 13.0 Å². The van der Waals surface area contributed by atoms with Crippen LogP contribution in [0.3, 0.4) is 0 Å². The number of aromatic nitrogens is 1. The van der Waals surface area contributed by atoms with Crippen molar-refractivity contribution in [3.05, 3.63) is 38.8 Å². The highest BCUT2D eigenvalue weighted by molar-refractivity contribution is 9.11. The molecule has 7 heteroatoms. The van der Waals surface area contributed by atoms with E-state index in [1.807, 2.05) is 18.0 Å². The highest BCUT2D eigenvalue weighted by atomic mass is 79.9. The third-order valence-electron chi connectivity index (χ3n) is 2.75. The molecule has 108 valence electrons. The molecule has 0 radical (unpaired) electrons. The van der Waals surface area contributed by atoms with Gasteiger partial charge in [-0.05, 0) is 34.5 Å². The van der Waals surface area contributed by atoms with E-state index in [0.717, 1.165) is 24.6 Å². The minimum absolute atomic E-state index is 0.667. The van der Waals surface area contributed by atoms with Crippen LogP contribution in [0.25, 0.3) is 0 Å². The predicted octanol–water partition coefficient (Wildman–Crippen LogP) is 2.75. The van der Waals surface area contributed by atoms with Crippen LogP contribution in [0, 0.1) is 0 Å². The summed E-state index contributed by atoms with van der Waals surface area (Å²) in [5, 5.41) is 7.25. The molecule has 2 aromatic heterocycles. The maximum atomic E-state index is 4.83. The summed E-state index contributed by atoms with van der Waals surface area (Å²) in [5.74, 6) is 0.851. The Morgan fingerprint density at radius 2 is 2.35 bits per heavy atom. The minimum Gasteiger partial charge on any atom is -0.364 e. The highest BCUT2D eigenvalue weighted by Crippen LogP contribution is 2.22. The van der Waals surface area contributed by atoms with E-state index in [9.17, 15) is 0 Å². The van der Waals surface area contributed by atoms with Crippen LogP contribution in [-0.4, -0.2) is 36.7 Å². The molecule has 5 nitrogen and oxygen atoms in total. The number of halogens is 1. The number of nitrogens with zero attached hydrogens (tertiary/aromatic N) is 3. The first-order valence-corrected chi connectivity index (χ1v) is 7.85. The summed E-state index contributed by atoms with van der Waals surface area (Å²) in [6.07, 6.45) is 2.56. The van der Waals surface area contributed by atoms with E-state index in [0.29, 0.717) is 6.54 Å². The van der Waals surface area contributed by atoms with E-state index in [-0.39, 0.29) is 0 Å². The Bertz CT molecular complexity index is 552. The van der Waals surface area contributed by atoms with Gasteiger partial charge in [0.05, 0.1) is 10.3 Å². The van der Waals surface area contributed by atoms with E-state index >= 15 is 0 Å². The van der Waals surface area contributed by atoms with Crippen molar-refractivity contribution in [3.63, 3.8) is 0 Å². The van der Waals surface area contributed by atoms with Crippen LogP contribution in [0.5, 0.6) is 0 Å². The standard InChI is InChI=1S/C13H17BrN4OS/c1-15-13(18(2)9-10-6-8-19-17-10)16-7-5-11-3-4-12(14)20-11/h3-4,6,8H,5,7,9H2,1-2H3,(H,15,16). The molecule has 1 N–H and O–H groups in total. The smallest absolute Gasteiger partial charge is 0.193 e. The fourth-order valence-corrected chi connectivity index (χ4v) is 3.29. The van der Waals surface area contributed by atoms with Gasteiger partial charge in [-0.15, -0.1) is 11.3 Å². The molecule has 0 saturated carbocycles. The molecule has 0 atom stereocenters. The molecule has 0 unspecified atom stereocenters. The van der Waals surface area contributed by atoms with Gasteiger partial charge >= 0.3 is 0 Å². The fourth-order valence-electron chi connectivity index (χ4n) is 1.81. The van der Waals surface area contributed by atoms with E-state index in [1.54, 1.807) is 24.6 Å². The van der Waals surface area contributed by atoms with Crippen molar-refractivity contribution in [3.8, 4) is 0 Å². The van der Waals surface area contributed by atoms with Crippen molar-refractivity contribution in [2.24, 2.45) is 4.99 Å². The summed E-state index contributed by atoms with van der Waals surface area (Å²) in [6.45, 7) is 1.52. The largest absolute Gasteiger partial charge is 0.364 e. The lowest BCUT2D eigenvalue weighted by Gasteiger charge is -2.20. The molecule has 0 amide bonds. The average molecular weight is 357 g/mol. The molecule has 0 aromatic carbocycles. The SMILES string of the molecule is CN=C(NCCc1ccc(Br)s1)N(C)Cc1ccon1. The zero-order valence-corrected chi connectivity index (χ0v) is 13.9. The first-order valence-electron chi connectivity index (χ1n) is 6.24. The topological polar surface area (TPSA) is 53.7 Å². The van der Waals surface area contributed by atoms with Gasteiger partial charge in [0.2, 0.25) is 0 Å². The lowest BCUT2D eigenvalue weighted by Crippen LogP contribution is -2.39. The molecular weight excluding hydrogens is 340 g/mol. The lowest BCUT2D eigenvalue weighted by molar-refractivity contribution is 0.391. The van der Waals surface area contributed by atoms with Gasteiger partial charge in [-0.3, -0.25) is 4.99 Å². The zero-order valence-electron chi connectivity index (χ0n) is 11.5. The van der Waals surface area contributed by atoms with E-state index in [4.69, 9.17) is 4.52 Å². The molecule has 0 aliphatic rings. The van der Waals surface area contributed by atoms with Crippen LogP contribution in [0.4, 0.5) is 0 Å². The summed E-state index contributed by atoms with van der Waals surface area (Å²) in [4.78, 5) is 7.63. The number of guanidine groups is 1. The quantitative estimate of drug-likeness (QED) is 0.661.